The van der Waals surface area contributed by atoms with E-state index in [1.54, 1.807) is 21.7 Å². The molecule has 4 amide bonds. The summed E-state index contributed by atoms with van der Waals surface area (Å²) in [6, 6.07) is 24.1. The smallest absolute Gasteiger partial charge is 0.329 e. The standard InChI is InChI=1S/C33H38N4O4/c1-33(2,3)24-17-15-23(16-18-24)21-34(4)31(40)37-27-19-20-28(37)29(30(38)39)35(22-27)32(41)36(25-11-7-5-8-12-25)26-13-9-6-10-14-26/h5-18,27-29H,19-22H2,1-4H3,(H,38,39)/t27?,28-,29+/m1/s1. The van der Waals surface area contributed by atoms with E-state index < -0.39 is 24.1 Å². The summed E-state index contributed by atoms with van der Waals surface area (Å²) in [6.45, 7) is 7.05. The van der Waals surface area contributed by atoms with Crippen molar-refractivity contribution in [2.75, 3.05) is 18.5 Å². The Kier molecular flexibility index (Phi) is 7.76. The van der Waals surface area contributed by atoms with E-state index >= 15 is 0 Å². The molecule has 214 valence electrons. The van der Waals surface area contributed by atoms with Gasteiger partial charge in [-0.15, -0.1) is 0 Å². The van der Waals surface area contributed by atoms with Gasteiger partial charge in [-0.2, -0.15) is 0 Å². The molecule has 2 aliphatic rings. The van der Waals surface area contributed by atoms with E-state index in [-0.39, 0.29) is 24.0 Å². The molecule has 2 aliphatic heterocycles. The van der Waals surface area contributed by atoms with Gasteiger partial charge < -0.3 is 19.8 Å². The normalized spacial score (nSPS) is 20.0. The van der Waals surface area contributed by atoms with Crippen molar-refractivity contribution in [1.82, 2.24) is 14.7 Å². The maximum Gasteiger partial charge on any atom is 0.329 e. The van der Waals surface area contributed by atoms with Crippen LogP contribution in [0.25, 0.3) is 0 Å². The second kappa shape index (κ2) is 11.3. The summed E-state index contributed by atoms with van der Waals surface area (Å²) in [4.78, 5) is 47.0. The topological polar surface area (TPSA) is 84.4 Å². The maximum atomic E-state index is 14.2. The van der Waals surface area contributed by atoms with Gasteiger partial charge >= 0.3 is 18.0 Å². The van der Waals surface area contributed by atoms with Crippen molar-refractivity contribution < 1.29 is 19.5 Å². The van der Waals surface area contributed by atoms with Crippen molar-refractivity contribution in [1.29, 1.82) is 0 Å². The molecule has 0 spiro atoms. The molecule has 5 rings (SSSR count). The summed E-state index contributed by atoms with van der Waals surface area (Å²) in [7, 11) is 1.75. The third-order valence-corrected chi connectivity index (χ3v) is 8.16. The molecule has 3 aromatic carbocycles. The van der Waals surface area contributed by atoms with Gasteiger partial charge in [0.15, 0.2) is 6.04 Å². The first-order chi connectivity index (χ1) is 19.6. The molecule has 3 atom stereocenters. The van der Waals surface area contributed by atoms with Crippen LogP contribution in [-0.4, -0.2) is 69.6 Å². The summed E-state index contributed by atoms with van der Waals surface area (Å²) in [5, 5.41) is 10.4. The van der Waals surface area contributed by atoms with E-state index in [0.29, 0.717) is 30.8 Å². The maximum absolute atomic E-state index is 14.2. The van der Waals surface area contributed by atoms with Gasteiger partial charge in [-0.1, -0.05) is 81.4 Å². The molecule has 0 aromatic heterocycles. The number of fused-ring (bicyclic) bond motifs is 2. The lowest BCUT2D eigenvalue weighted by Crippen LogP contribution is -2.67. The van der Waals surface area contributed by atoms with E-state index in [9.17, 15) is 19.5 Å². The van der Waals surface area contributed by atoms with Crippen LogP contribution in [0.3, 0.4) is 0 Å². The SMILES string of the molecule is CN(Cc1ccc(C(C)(C)C)cc1)C(=O)N1C2CC[C@@H]1[C@@H](C(=O)O)N(C(=O)N(c1ccccc1)c1ccccc1)C2. The molecule has 2 heterocycles. The Balaban J connectivity index is 1.38. The number of hydrogen-bond acceptors (Lipinski definition) is 3. The van der Waals surface area contributed by atoms with Crippen LogP contribution in [-0.2, 0) is 16.8 Å². The number of carbonyl (C=O) groups excluding carboxylic acids is 2. The Labute approximate surface area is 241 Å². The molecule has 2 bridgehead atoms. The quantitative estimate of drug-likeness (QED) is 0.413. The van der Waals surface area contributed by atoms with E-state index in [1.807, 2.05) is 72.8 Å². The van der Waals surface area contributed by atoms with Crippen LogP contribution < -0.4 is 4.90 Å². The molecule has 3 aromatic rings. The minimum atomic E-state index is -1.15. The van der Waals surface area contributed by atoms with Crippen LogP contribution in [0.15, 0.2) is 84.9 Å². The lowest BCUT2D eigenvalue weighted by molar-refractivity contribution is -0.145. The predicted octanol–water partition coefficient (Wildman–Crippen LogP) is 6.10. The minimum Gasteiger partial charge on any atom is -0.480 e. The second-order valence-electron chi connectivity index (χ2n) is 12.0. The van der Waals surface area contributed by atoms with Gasteiger partial charge in [0, 0.05) is 20.1 Å². The highest BCUT2D eigenvalue weighted by Crippen LogP contribution is 2.38. The number of carbonyl (C=O) groups is 3. The van der Waals surface area contributed by atoms with E-state index in [0.717, 1.165) is 5.56 Å². The zero-order valence-corrected chi connectivity index (χ0v) is 24.1. The zero-order chi connectivity index (χ0) is 29.3. The molecule has 0 aliphatic carbocycles. The van der Waals surface area contributed by atoms with E-state index in [2.05, 4.69) is 32.9 Å². The second-order valence-corrected chi connectivity index (χ2v) is 12.0. The number of anilines is 2. The summed E-state index contributed by atoms with van der Waals surface area (Å²) in [5.41, 5.74) is 3.57. The number of benzene rings is 3. The lowest BCUT2D eigenvalue weighted by atomic mass is 9.87. The van der Waals surface area contributed by atoms with Crippen molar-refractivity contribution in [2.45, 2.75) is 63.7 Å². The molecule has 2 fully saturated rings. The Morgan fingerprint density at radius 2 is 1.39 bits per heavy atom. The van der Waals surface area contributed by atoms with E-state index in [1.165, 1.54) is 10.5 Å². The average molecular weight is 555 g/mol. The molecular weight excluding hydrogens is 516 g/mol. The molecule has 8 heteroatoms. The number of para-hydroxylation sites is 2. The number of piperazine rings is 1. The highest BCUT2D eigenvalue weighted by molar-refractivity contribution is 6.01. The van der Waals surface area contributed by atoms with Gasteiger partial charge in [0.05, 0.1) is 23.5 Å². The summed E-state index contributed by atoms with van der Waals surface area (Å²) < 4.78 is 0. The van der Waals surface area contributed by atoms with E-state index in [4.69, 9.17) is 0 Å². The molecule has 1 unspecified atom stereocenters. The third-order valence-electron chi connectivity index (χ3n) is 8.16. The number of amides is 4. The van der Waals surface area contributed by atoms with Crippen molar-refractivity contribution in [3.63, 3.8) is 0 Å². The number of carboxylic acids is 1. The number of likely N-dealkylation sites (tertiary alicyclic amines) is 1. The van der Waals surface area contributed by atoms with Crippen LogP contribution in [0.4, 0.5) is 21.0 Å². The number of aliphatic carboxylic acids is 1. The first-order valence-electron chi connectivity index (χ1n) is 14.1. The fraction of sp³-hybridized carbons (Fsp3) is 0.364. The van der Waals surface area contributed by atoms with Gasteiger partial charge in [-0.3, -0.25) is 4.90 Å². The predicted molar refractivity (Wildman–Crippen MR) is 159 cm³/mol. The fourth-order valence-corrected chi connectivity index (χ4v) is 6.04. The van der Waals surface area contributed by atoms with Crippen LogP contribution in [0.1, 0.15) is 44.7 Å². The van der Waals surface area contributed by atoms with Gasteiger partial charge in [-0.05, 0) is 53.6 Å². The first kappa shape index (κ1) is 28.2. The number of carboxylic acid groups (broad SMARTS) is 1. The molecule has 0 radical (unpaired) electrons. The van der Waals surface area contributed by atoms with Gasteiger partial charge in [-0.25, -0.2) is 14.4 Å². The van der Waals surface area contributed by atoms with Gasteiger partial charge in [0.2, 0.25) is 0 Å². The van der Waals surface area contributed by atoms with Crippen LogP contribution in [0.2, 0.25) is 0 Å². The summed E-state index contributed by atoms with van der Waals surface area (Å²) in [5.74, 6) is -1.11. The van der Waals surface area contributed by atoms with Crippen molar-refractivity contribution >= 4 is 29.4 Å². The number of nitrogens with zero attached hydrogens (tertiary/aromatic N) is 4. The molecule has 2 saturated heterocycles. The van der Waals surface area contributed by atoms with Crippen molar-refractivity contribution in [2.24, 2.45) is 0 Å². The van der Waals surface area contributed by atoms with Gasteiger partial charge in [0.1, 0.15) is 0 Å². The van der Waals surface area contributed by atoms with Crippen molar-refractivity contribution in [3.8, 4) is 0 Å². The third kappa shape index (κ3) is 5.64. The zero-order valence-electron chi connectivity index (χ0n) is 24.1. The Morgan fingerprint density at radius 3 is 1.90 bits per heavy atom. The molecule has 8 nitrogen and oxygen atoms in total. The minimum absolute atomic E-state index is 0.0407. The largest absolute Gasteiger partial charge is 0.480 e. The molecule has 41 heavy (non-hydrogen) atoms. The Bertz CT molecular complexity index is 1350. The number of rotatable bonds is 5. The molecule has 1 N–H and O–H groups in total. The number of hydrogen-bond donors (Lipinski definition) is 1. The fourth-order valence-electron chi connectivity index (χ4n) is 6.04. The Hall–Kier alpha value is -4.33. The van der Waals surface area contributed by atoms with Crippen LogP contribution >= 0.6 is 0 Å². The van der Waals surface area contributed by atoms with Gasteiger partial charge in [0.25, 0.3) is 0 Å². The summed E-state index contributed by atoms with van der Waals surface area (Å²) >= 11 is 0. The molecule has 0 saturated carbocycles. The Morgan fingerprint density at radius 1 is 0.829 bits per heavy atom. The molecular formula is C33H38N4O4. The first-order valence-corrected chi connectivity index (χ1v) is 14.1. The van der Waals surface area contributed by atoms with Crippen LogP contribution in [0, 0.1) is 0 Å². The van der Waals surface area contributed by atoms with Crippen molar-refractivity contribution in [3.05, 3.63) is 96.1 Å². The highest BCUT2D eigenvalue weighted by atomic mass is 16.4. The average Bonchev–Trinajstić information content (AvgIpc) is 3.25. The summed E-state index contributed by atoms with van der Waals surface area (Å²) in [6.07, 6.45) is 1.18. The van der Waals surface area contributed by atoms with Crippen LogP contribution in [0.5, 0.6) is 0 Å². The number of urea groups is 2. The highest BCUT2D eigenvalue weighted by Gasteiger charge is 2.54. The monoisotopic (exact) mass is 554 g/mol. The lowest BCUT2D eigenvalue weighted by Gasteiger charge is -2.47.